The van der Waals surface area contributed by atoms with Gasteiger partial charge in [-0.25, -0.2) is 0 Å². The first-order valence-electron chi connectivity index (χ1n) is 2.90. The Morgan fingerprint density at radius 2 is 2.27 bits per heavy atom. The van der Waals surface area contributed by atoms with Crippen LogP contribution >= 0.6 is 15.9 Å². The van der Waals surface area contributed by atoms with Crippen LogP contribution in [0.4, 0.5) is 0 Å². The van der Waals surface area contributed by atoms with Gasteiger partial charge in [0.15, 0.2) is 0 Å². The lowest BCUT2D eigenvalue weighted by molar-refractivity contribution is 0.354. The van der Waals surface area contributed by atoms with Crippen molar-refractivity contribution < 1.29 is 23.2 Å². The molecule has 0 saturated carbocycles. The third-order valence-electron chi connectivity index (χ3n) is 1.32. The van der Waals surface area contributed by atoms with Crippen molar-refractivity contribution in [3.8, 4) is 0 Å². The van der Waals surface area contributed by atoms with Crippen molar-refractivity contribution in [1.82, 2.24) is 0 Å². The fraction of sp³-hybridized carbons (Fsp3) is 0.500. The second kappa shape index (κ2) is 3.13. The Morgan fingerprint density at radius 1 is 1.73 bits per heavy atom. The number of hydrogen-bond acceptors (Lipinski definition) is 3. The molecule has 5 nitrogen and oxygen atoms in total. The maximum absolute atomic E-state index is 10.9. The molecule has 1 aliphatic rings. The van der Waals surface area contributed by atoms with E-state index in [4.69, 9.17) is 9.79 Å². The molecule has 2 unspecified atom stereocenters. The highest BCUT2D eigenvalue weighted by Gasteiger charge is 2.38. The van der Waals surface area contributed by atoms with Gasteiger partial charge in [0, 0.05) is 9.88 Å². The molecule has 62 valence electrons. The molecule has 0 aliphatic heterocycles. The predicted octanol–water partition coefficient (Wildman–Crippen LogP) is 1.52. The minimum Gasteiger partial charge on any atom is -0.319 e. The van der Waals surface area contributed by atoms with E-state index in [9.17, 15) is 9.13 Å². The van der Waals surface area contributed by atoms with Crippen molar-refractivity contribution >= 4 is 15.9 Å². The Kier molecular flexibility index (Phi) is 2.58. The Morgan fingerprint density at radius 3 is 2.55 bits per heavy atom. The summed E-state index contributed by atoms with van der Waals surface area (Å²) in [5.41, 5.74) is 0. The molecule has 0 saturated heterocycles. The van der Waals surface area contributed by atoms with Crippen LogP contribution in [-0.4, -0.2) is 9.79 Å². The standard InChI is InChI=1S/C4H6O5P2/c5-10(6)9-11(7,8)4-2-1-3-4/h2H,1,3H2,(H-,5,6,7,8)/p+1. The molecule has 11 heavy (non-hydrogen) atoms. The van der Waals surface area contributed by atoms with E-state index in [1.165, 1.54) is 6.08 Å². The number of allylic oxidation sites excluding steroid dienone is 2. The SMILES string of the molecule is O=[P+](O)OP(=O)(O)C1=CCC1. The molecule has 0 spiro atoms. The van der Waals surface area contributed by atoms with Crippen LogP contribution < -0.4 is 0 Å². The van der Waals surface area contributed by atoms with Gasteiger partial charge in [0.05, 0.1) is 0 Å². The molecule has 0 aromatic rings. The lowest BCUT2D eigenvalue weighted by Crippen LogP contribution is -1.95. The Labute approximate surface area is 64.2 Å². The summed E-state index contributed by atoms with van der Waals surface area (Å²) in [5.74, 6) is 0. The summed E-state index contributed by atoms with van der Waals surface area (Å²) in [6.45, 7) is 0. The van der Waals surface area contributed by atoms with Crippen LogP contribution in [0.2, 0.25) is 0 Å². The monoisotopic (exact) mass is 197 g/mol. The second-order valence-electron chi connectivity index (χ2n) is 2.07. The Hall–Kier alpha value is -0.0500. The summed E-state index contributed by atoms with van der Waals surface area (Å²) in [6.07, 6.45) is 2.72. The molecular weight excluding hydrogens is 190 g/mol. The van der Waals surface area contributed by atoms with E-state index in [0.717, 1.165) is 6.42 Å². The third-order valence-corrected chi connectivity index (χ3v) is 3.90. The topological polar surface area (TPSA) is 83.8 Å². The summed E-state index contributed by atoms with van der Waals surface area (Å²) < 4.78 is 24.9. The van der Waals surface area contributed by atoms with Gasteiger partial charge in [0.25, 0.3) is 0 Å². The zero-order chi connectivity index (χ0) is 8.48. The summed E-state index contributed by atoms with van der Waals surface area (Å²) >= 11 is 0. The highest BCUT2D eigenvalue weighted by Crippen LogP contribution is 2.60. The lowest BCUT2D eigenvalue weighted by atomic mass is 10.1. The van der Waals surface area contributed by atoms with Crippen LogP contribution in [0.3, 0.4) is 0 Å². The van der Waals surface area contributed by atoms with E-state index in [1.54, 1.807) is 0 Å². The van der Waals surface area contributed by atoms with Gasteiger partial charge >= 0.3 is 15.9 Å². The molecular formula is C4H7O5P2+. The van der Waals surface area contributed by atoms with Crippen molar-refractivity contribution in [2.75, 3.05) is 0 Å². The van der Waals surface area contributed by atoms with E-state index in [1.807, 2.05) is 0 Å². The lowest BCUT2D eigenvalue weighted by Gasteiger charge is -2.14. The van der Waals surface area contributed by atoms with Crippen LogP contribution in [0.25, 0.3) is 0 Å². The third kappa shape index (κ3) is 2.19. The van der Waals surface area contributed by atoms with Crippen LogP contribution in [0.5, 0.6) is 0 Å². The van der Waals surface area contributed by atoms with Crippen LogP contribution in [0.1, 0.15) is 12.8 Å². The van der Waals surface area contributed by atoms with Gasteiger partial charge in [0.1, 0.15) is 0 Å². The maximum Gasteiger partial charge on any atom is 0.703 e. The molecule has 0 radical (unpaired) electrons. The highest BCUT2D eigenvalue weighted by atomic mass is 31.2. The molecule has 2 N–H and O–H groups in total. The zero-order valence-corrected chi connectivity index (χ0v) is 7.29. The minimum absolute atomic E-state index is 0.231. The smallest absolute Gasteiger partial charge is 0.319 e. The van der Waals surface area contributed by atoms with Gasteiger partial charge in [-0.15, -0.1) is 4.89 Å². The van der Waals surface area contributed by atoms with Crippen molar-refractivity contribution in [2.24, 2.45) is 0 Å². The van der Waals surface area contributed by atoms with E-state index in [0.29, 0.717) is 6.42 Å². The normalized spacial score (nSPS) is 23.1. The predicted molar refractivity (Wildman–Crippen MR) is 38.1 cm³/mol. The van der Waals surface area contributed by atoms with Crippen LogP contribution in [0, 0.1) is 0 Å². The molecule has 0 amide bonds. The van der Waals surface area contributed by atoms with Gasteiger partial charge in [-0.1, -0.05) is 6.08 Å². The first-order valence-corrected chi connectivity index (χ1v) is 5.61. The Bertz CT molecular complexity index is 257. The molecule has 1 rings (SSSR count). The van der Waals surface area contributed by atoms with E-state index in [2.05, 4.69) is 4.31 Å². The van der Waals surface area contributed by atoms with E-state index < -0.39 is 15.9 Å². The van der Waals surface area contributed by atoms with Gasteiger partial charge in [-0.2, -0.15) is 0 Å². The molecule has 0 fully saturated rings. The van der Waals surface area contributed by atoms with Crippen molar-refractivity contribution in [3.05, 3.63) is 11.4 Å². The average molecular weight is 197 g/mol. The average Bonchev–Trinajstić information content (AvgIpc) is 1.50. The van der Waals surface area contributed by atoms with Gasteiger partial charge in [-0.3, -0.25) is 4.57 Å². The second-order valence-corrected chi connectivity index (χ2v) is 4.82. The molecule has 2 atom stereocenters. The van der Waals surface area contributed by atoms with Crippen LogP contribution in [0.15, 0.2) is 11.4 Å². The van der Waals surface area contributed by atoms with Crippen molar-refractivity contribution in [3.63, 3.8) is 0 Å². The number of rotatable bonds is 3. The fourth-order valence-electron chi connectivity index (χ4n) is 0.677. The molecule has 7 heteroatoms. The summed E-state index contributed by atoms with van der Waals surface area (Å²) in [4.78, 5) is 17.1. The zero-order valence-electron chi connectivity index (χ0n) is 5.51. The van der Waals surface area contributed by atoms with E-state index in [-0.39, 0.29) is 5.31 Å². The quantitative estimate of drug-likeness (QED) is 0.670. The first kappa shape index (κ1) is 9.04. The highest BCUT2D eigenvalue weighted by molar-refractivity contribution is 7.63. The van der Waals surface area contributed by atoms with Crippen LogP contribution in [-0.2, 0) is 13.4 Å². The Balaban J connectivity index is 2.66. The molecule has 0 bridgehead atoms. The van der Waals surface area contributed by atoms with Crippen molar-refractivity contribution in [1.29, 1.82) is 0 Å². The van der Waals surface area contributed by atoms with Gasteiger partial charge < -0.3 is 4.89 Å². The molecule has 0 aromatic carbocycles. The fourth-order valence-corrected chi connectivity index (χ4v) is 2.63. The number of hydrogen-bond donors (Lipinski definition) is 2. The maximum atomic E-state index is 10.9. The van der Waals surface area contributed by atoms with Gasteiger partial charge in [0.2, 0.25) is 0 Å². The van der Waals surface area contributed by atoms with E-state index >= 15 is 0 Å². The summed E-state index contributed by atoms with van der Waals surface area (Å²) in [7, 11) is -6.92. The van der Waals surface area contributed by atoms with Crippen molar-refractivity contribution in [2.45, 2.75) is 12.8 Å². The first-order chi connectivity index (χ1) is 5.02. The molecule has 0 aromatic heterocycles. The largest absolute Gasteiger partial charge is 0.703 e. The summed E-state index contributed by atoms with van der Waals surface area (Å²) in [5, 5.41) is 0.231. The molecule has 0 heterocycles. The minimum atomic E-state index is -3.93. The van der Waals surface area contributed by atoms with Gasteiger partial charge in [-0.05, 0) is 17.2 Å². The molecule has 1 aliphatic carbocycles. The summed E-state index contributed by atoms with van der Waals surface area (Å²) in [6, 6.07) is 0.